The van der Waals surface area contributed by atoms with Gasteiger partial charge in [0.2, 0.25) is 0 Å². The van der Waals surface area contributed by atoms with Crippen LogP contribution in [0.15, 0.2) is 52.8 Å². The van der Waals surface area contributed by atoms with Crippen molar-refractivity contribution in [2.24, 2.45) is 0 Å². The Morgan fingerprint density at radius 1 is 0.583 bits per heavy atom. The molecule has 4 heterocycles. The van der Waals surface area contributed by atoms with Crippen LogP contribution in [0.1, 0.15) is 65.2 Å². The standard InChI is InChI=1S/C26H34N2O2S6/c1-19(29)31-13-9-5-3-7-11-27-15-21-22(16-27)34-25(33-21)26-35-23-17-28(18-24(23)36-26)12-8-4-6-10-14-32-20(2)30/h15-18H,3-14H2,1-2H3. The molecule has 0 saturated heterocycles. The van der Waals surface area contributed by atoms with Crippen LogP contribution in [0.5, 0.6) is 0 Å². The Hall–Kier alpha value is -0.260. The molecule has 0 amide bonds. The summed E-state index contributed by atoms with van der Waals surface area (Å²) in [5.41, 5.74) is 0. The predicted molar refractivity (Wildman–Crippen MR) is 163 cm³/mol. The molecule has 2 aliphatic heterocycles. The molecule has 36 heavy (non-hydrogen) atoms. The highest BCUT2D eigenvalue weighted by Gasteiger charge is 2.28. The van der Waals surface area contributed by atoms with Gasteiger partial charge in [-0.15, -0.1) is 0 Å². The van der Waals surface area contributed by atoms with Crippen molar-refractivity contribution >= 4 is 80.8 Å². The quantitative estimate of drug-likeness (QED) is 0.199. The van der Waals surface area contributed by atoms with Crippen molar-refractivity contribution in [1.29, 1.82) is 0 Å². The summed E-state index contributed by atoms with van der Waals surface area (Å²) in [6.07, 6.45) is 18.8. The summed E-state index contributed by atoms with van der Waals surface area (Å²) in [7, 11) is 0. The SMILES string of the molecule is CC(=O)SCCCCCCn1cc2c(c1)SC(=C1Sc3cn(CCCCCCSC(C)=O)cc3S1)S2. The van der Waals surface area contributed by atoms with E-state index in [9.17, 15) is 9.59 Å². The summed E-state index contributed by atoms with van der Waals surface area (Å²) in [6, 6.07) is 0. The molecule has 2 aromatic rings. The number of nitrogens with zero attached hydrogens (tertiary/aromatic N) is 2. The van der Waals surface area contributed by atoms with Crippen LogP contribution in [0.25, 0.3) is 0 Å². The van der Waals surface area contributed by atoms with E-state index in [1.54, 1.807) is 13.8 Å². The highest BCUT2D eigenvalue weighted by molar-refractivity contribution is 8.30. The normalized spacial score (nSPS) is 14.5. The zero-order valence-electron chi connectivity index (χ0n) is 21.0. The van der Waals surface area contributed by atoms with E-state index >= 15 is 0 Å². The van der Waals surface area contributed by atoms with Crippen LogP contribution in [0.3, 0.4) is 0 Å². The fourth-order valence-corrected chi connectivity index (χ4v) is 10.7. The number of aromatic nitrogens is 2. The van der Waals surface area contributed by atoms with Gasteiger partial charge in [0.05, 0.1) is 8.47 Å². The number of carbonyl (C=O) groups excluding carboxylic acids is 2. The Balaban J connectivity index is 1.14. The number of fused-ring (bicyclic) bond motifs is 2. The molecular weight excluding hydrogens is 565 g/mol. The molecule has 2 aliphatic rings. The number of carbonyl (C=O) groups is 2. The summed E-state index contributed by atoms with van der Waals surface area (Å²) in [6.45, 7) is 5.46. The van der Waals surface area contributed by atoms with Crippen molar-refractivity contribution in [2.75, 3.05) is 11.5 Å². The van der Waals surface area contributed by atoms with Crippen molar-refractivity contribution in [3.05, 3.63) is 33.3 Å². The zero-order valence-corrected chi connectivity index (χ0v) is 25.9. The Morgan fingerprint density at radius 3 is 1.25 bits per heavy atom. The van der Waals surface area contributed by atoms with Crippen LogP contribution in [0.2, 0.25) is 0 Å². The summed E-state index contributed by atoms with van der Waals surface area (Å²) in [5.74, 6) is 1.92. The lowest BCUT2D eigenvalue weighted by molar-refractivity contribution is -0.109. The third kappa shape index (κ3) is 8.90. The van der Waals surface area contributed by atoms with Gasteiger partial charge >= 0.3 is 0 Å². The molecule has 0 aliphatic carbocycles. The summed E-state index contributed by atoms with van der Waals surface area (Å²) in [4.78, 5) is 27.5. The molecule has 0 saturated carbocycles. The molecule has 0 atom stereocenters. The van der Waals surface area contributed by atoms with Crippen LogP contribution < -0.4 is 0 Å². The van der Waals surface area contributed by atoms with E-state index in [4.69, 9.17) is 0 Å². The van der Waals surface area contributed by atoms with Crippen molar-refractivity contribution in [2.45, 2.75) is 97.9 Å². The third-order valence-corrected chi connectivity index (χ3v) is 13.1. The number of thioether (sulfide) groups is 6. The molecule has 0 aromatic carbocycles. The maximum atomic E-state index is 11.0. The van der Waals surface area contributed by atoms with E-state index in [1.807, 2.05) is 47.0 Å². The van der Waals surface area contributed by atoms with E-state index in [-0.39, 0.29) is 10.2 Å². The highest BCUT2D eigenvalue weighted by Crippen LogP contribution is 2.61. The van der Waals surface area contributed by atoms with Gasteiger partial charge in [-0.3, -0.25) is 9.59 Å². The largest absolute Gasteiger partial charge is 0.352 e. The Morgan fingerprint density at radius 2 is 0.917 bits per heavy atom. The second kappa shape index (κ2) is 14.8. The molecule has 4 rings (SSSR count). The number of aryl methyl sites for hydroxylation is 2. The average Bonchev–Trinajstić information content (AvgIpc) is 3.56. The lowest BCUT2D eigenvalue weighted by Crippen LogP contribution is -1.95. The van der Waals surface area contributed by atoms with E-state index in [1.165, 1.54) is 90.1 Å². The molecule has 0 radical (unpaired) electrons. The van der Waals surface area contributed by atoms with Crippen LogP contribution in [0.4, 0.5) is 0 Å². The molecule has 196 valence electrons. The number of rotatable bonds is 14. The van der Waals surface area contributed by atoms with E-state index in [0.717, 1.165) is 37.4 Å². The third-order valence-electron chi connectivity index (χ3n) is 5.83. The van der Waals surface area contributed by atoms with Gasteiger partial charge in [-0.1, -0.05) is 96.3 Å². The molecule has 0 unspecified atom stereocenters. The van der Waals surface area contributed by atoms with Crippen LogP contribution >= 0.6 is 70.6 Å². The van der Waals surface area contributed by atoms with Gasteiger partial charge in [-0.05, 0) is 25.7 Å². The average molecular weight is 599 g/mol. The first-order chi connectivity index (χ1) is 17.5. The number of unbranched alkanes of at least 4 members (excludes halogenated alkanes) is 6. The van der Waals surface area contributed by atoms with Crippen LogP contribution in [-0.4, -0.2) is 30.9 Å². The highest BCUT2D eigenvalue weighted by atomic mass is 32.2. The zero-order chi connectivity index (χ0) is 25.3. The topological polar surface area (TPSA) is 44.0 Å². The van der Waals surface area contributed by atoms with E-state index < -0.39 is 0 Å². The molecular formula is C26H34N2O2S6. The molecule has 2 aromatic heterocycles. The van der Waals surface area contributed by atoms with Gasteiger partial charge in [0.15, 0.2) is 10.2 Å². The minimum atomic E-state index is 0.231. The van der Waals surface area contributed by atoms with Gasteiger partial charge in [0.1, 0.15) is 0 Å². The Kier molecular flexibility index (Phi) is 11.8. The first kappa shape index (κ1) is 28.7. The maximum absolute atomic E-state index is 11.0. The van der Waals surface area contributed by atoms with E-state index in [0.29, 0.717) is 0 Å². The van der Waals surface area contributed by atoms with Crippen molar-refractivity contribution in [1.82, 2.24) is 9.13 Å². The molecule has 0 spiro atoms. The second-order valence-corrected chi connectivity index (χ2v) is 16.2. The number of hydrogen-bond donors (Lipinski definition) is 0. The monoisotopic (exact) mass is 598 g/mol. The fraction of sp³-hybridized carbons (Fsp3) is 0.538. The second-order valence-electron chi connectivity index (χ2n) is 8.94. The van der Waals surface area contributed by atoms with Gasteiger partial charge in [-0.25, -0.2) is 0 Å². The fourth-order valence-electron chi connectivity index (χ4n) is 4.04. The minimum Gasteiger partial charge on any atom is -0.352 e. The van der Waals surface area contributed by atoms with Crippen molar-refractivity contribution in [3.63, 3.8) is 0 Å². The molecule has 0 N–H and O–H groups in total. The predicted octanol–water partition coefficient (Wildman–Crippen LogP) is 9.19. The van der Waals surface area contributed by atoms with E-state index in [2.05, 4.69) is 33.9 Å². The first-order valence-electron chi connectivity index (χ1n) is 12.6. The molecule has 10 heteroatoms. The van der Waals surface area contributed by atoms with Crippen LogP contribution in [0, 0.1) is 0 Å². The Labute approximate surface area is 240 Å². The van der Waals surface area contributed by atoms with Gasteiger partial charge in [-0.2, -0.15) is 0 Å². The van der Waals surface area contributed by atoms with Gasteiger partial charge in [0, 0.05) is 82.8 Å². The summed E-state index contributed by atoms with van der Waals surface area (Å²) in [5, 5.41) is 0.462. The minimum absolute atomic E-state index is 0.231. The lowest BCUT2D eigenvalue weighted by Gasteiger charge is -2.06. The molecule has 4 nitrogen and oxygen atoms in total. The first-order valence-corrected chi connectivity index (χ1v) is 17.8. The van der Waals surface area contributed by atoms with Crippen molar-refractivity contribution in [3.8, 4) is 0 Å². The van der Waals surface area contributed by atoms with Crippen molar-refractivity contribution < 1.29 is 9.59 Å². The smallest absolute Gasteiger partial charge is 0.185 e. The van der Waals surface area contributed by atoms with Gasteiger partial charge < -0.3 is 9.13 Å². The Bertz CT molecular complexity index is 955. The maximum Gasteiger partial charge on any atom is 0.185 e. The summed E-state index contributed by atoms with van der Waals surface area (Å²) >= 11 is 10.6. The van der Waals surface area contributed by atoms with Crippen LogP contribution in [-0.2, 0) is 22.7 Å². The molecule has 0 bridgehead atoms. The number of hydrogen-bond acceptors (Lipinski definition) is 8. The molecule has 0 fully saturated rings. The lowest BCUT2D eigenvalue weighted by atomic mass is 10.2. The van der Waals surface area contributed by atoms with Gasteiger partial charge in [0.25, 0.3) is 0 Å². The summed E-state index contributed by atoms with van der Waals surface area (Å²) < 4.78 is 7.56.